The summed E-state index contributed by atoms with van der Waals surface area (Å²) >= 11 is 3.05. The van der Waals surface area contributed by atoms with E-state index in [4.69, 9.17) is 5.73 Å². The summed E-state index contributed by atoms with van der Waals surface area (Å²) in [6.07, 6.45) is 1.49. The van der Waals surface area contributed by atoms with Crippen molar-refractivity contribution in [2.75, 3.05) is 5.73 Å². The van der Waals surface area contributed by atoms with Gasteiger partial charge in [0.15, 0.2) is 0 Å². The van der Waals surface area contributed by atoms with Crippen LogP contribution in [-0.4, -0.2) is 15.2 Å². The largest absolute Gasteiger partial charge is 0.366 e. The lowest BCUT2D eigenvalue weighted by atomic mass is 10.9. The van der Waals surface area contributed by atoms with Crippen molar-refractivity contribution in [2.45, 2.75) is 0 Å². The molecular weight excluding hydrogens is 172 g/mol. The van der Waals surface area contributed by atoms with Gasteiger partial charge in [-0.25, -0.2) is 4.98 Å². The van der Waals surface area contributed by atoms with E-state index < -0.39 is 0 Å². The molecule has 0 amide bonds. The number of aromatic nitrogens is 3. The molecule has 1 rings (SSSR count). The lowest BCUT2D eigenvalue weighted by Gasteiger charge is -1.85. The molecule has 0 saturated heterocycles. The van der Waals surface area contributed by atoms with Gasteiger partial charge >= 0.3 is 0 Å². The summed E-state index contributed by atoms with van der Waals surface area (Å²) in [7, 11) is 0. The van der Waals surface area contributed by atoms with Crippen molar-refractivity contribution in [3.8, 4) is 0 Å². The van der Waals surface area contributed by atoms with E-state index >= 15 is 0 Å². The number of rotatable bonds is 0. The average molecular weight is 175 g/mol. The molecule has 0 fully saturated rings. The highest BCUT2D eigenvalue weighted by Crippen LogP contribution is 1.99. The van der Waals surface area contributed by atoms with Gasteiger partial charge in [-0.3, -0.25) is 0 Å². The van der Waals surface area contributed by atoms with E-state index in [-0.39, 0.29) is 5.95 Å². The van der Waals surface area contributed by atoms with Crippen LogP contribution in [0.2, 0.25) is 0 Å². The van der Waals surface area contributed by atoms with E-state index in [0.717, 1.165) is 0 Å². The topological polar surface area (TPSA) is 64.7 Å². The lowest BCUT2D eigenvalue weighted by molar-refractivity contribution is 0.961. The molecule has 0 aliphatic heterocycles. The van der Waals surface area contributed by atoms with Gasteiger partial charge in [-0.05, 0) is 15.9 Å². The zero-order chi connectivity index (χ0) is 5.98. The summed E-state index contributed by atoms with van der Waals surface area (Å²) in [5, 5.41) is 7.01. The summed E-state index contributed by atoms with van der Waals surface area (Å²) < 4.78 is 0.590. The maximum atomic E-state index is 5.12. The Balaban J connectivity index is 3.03. The number of nitrogens with zero attached hydrogens (tertiary/aromatic N) is 3. The third-order valence-corrected chi connectivity index (χ3v) is 0.915. The third-order valence-electron chi connectivity index (χ3n) is 0.551. The van der Waals surface area contributed by atoms with Gasteiger partial charge in [-0.1, -0.05) is 0 Å². The van der Waals surface area contributed by atoms with Crippen molar-refractivity contribution in [1.82, 2.24) is 15.2 Å². The molecule has 0 bridgehead atoms. The Morgan fingerprint density at radius 1 is 1.50 bits per heavy atom. The Labute approximate surface area is 54.3 Å². The van der Waals surface area contributed by atoms with Crippen molar-refractivity contribution >= 4 is 21.9 Å². The standard InChI is InChI=1S/C3H3BrN4/c4-2-1-6-3(5)8-7-2/h1H,(H2,5,6,8). The van der Waals surface area contributed by atoms with E-state index in [1.807, 2.05) is 0 Å². The summed E-state index contributed by atoms with van der Waals surface area (Å²) in [5.74, 6) is 0.188. The summed E-state index contributed by atoms with van der Waals surface area (Å²) in [4.78, 5) is 3.64. The van der Waals surface area contributed by atoms with Crippen LogP contribution in [0.4, 0.5) is 5.95 Å². The minimum absolute atomic E-state index is 0.188. The second-order valence-electron chi connectivity index (χ2n) is 1.14. The normalized spacial score (nSPS) is 9.12. The van der Waals surface area contributed by atoms with E-state index in [2.05, 4.69) is 31.1 Å². The average Bonchev–Trinajstić information content (AvgIpc) is 1.77. The molecule has 0 radical (unpaired) electrons. The Morgan fingerprint density at radius 2 is 2.25 bits per heavy atom. The van der Waals surface area contributed by atoms with Crippen LogP contribution in [0.15, 0.2) is 10.8 Å². The van der Waals surface area contributed by atoms with Crippen molar-refractivity contribution in [3.05, 3.63) is 10.8 Å². The lowest BCUT2D eigenvalue weighted by Crippen LogP contribution is -1.95. The van der Waals surface area contributed by atoms with Gasteiger partial charge in [0.25, 0.3) is 0 Å². The van der Waals surface area contributed by atoms with Crippen LogP contribution < -0.4 is 5.73 Å². The zero-order valence-corrected chi connectivity index (χ0v) is 5.46. The number of hydrogen-bond acceptors (Lipinski definition) is 4. The predicted octanol–water partition coefficient (Wildman–Crippen LogP) is 0.216. The first kappa shape index (κ1) is 5.43. The van der Waals surface area contributed by atoms with Gasteiger partial charge in [0.05, 0.1) is 6.20 Å². The number of nitrogens with two attached hydrogens (primary N) is 1. The molecule has 5 heteroatoms. The van der Waals surface area contributed by atoms with Gasteiger partial charge in [0.1, 0.15) is 4.60 Å². The minimum atomic E-state index is 0.188. The van der Waals surface area contributed by atoms with Crippen molar-refractivity contribution in [2.24, 2.45) is 0 Å². The second kappa shape index (κ2) is 2.04. The van der Waals surface area contributed by atoms with Crippen LogP contribution in [-0.2, 0) is 0 Å². The fourth-order valence-electron chi connectivity index (χ4n) is 0.270. The number of hydrogen-bond donors (Lipinski definition) is 1. The summed E-state index contributed by atoms with van der Waals surface area (Å²) in [6.45, 7) is 0. The molecule has 0 saturated carbocycles. The Morgan fingerprint density at radius 3 is 2.62 bits per heavy atom. The first-order valence-electron chi connectivity index (χ1n) is 1.90. The molecule has 0 aliphatic rings. The van der Waals surface area contributed by atoms with Gasteiger partial charge < -0.3 is 5.73 Å². The molecule has 42 valence electrons. The fraction of sp³-hybridized carbons (Fsp3) is 0. The predicted molar refractivity (Wildman–Crippen MR) is 31.9 cm³/mol. The van der Waals surface area contributed by atoms with E-state index in [1.54, 1.807) is 0 Å². The van der Waals surface area contributed by atoms with Crippen LogP contribution in [0.25, 0.3) is 0 Å². The number of nitrogen functional groups attached to an aromatic ring is 1. The summed E-state index contributed by atoms with van der Waals surface area (Å²) in [5.41, 5.74) is 5.12. The van der Waals surface area contributed by atoms with Crippen LogP contribution >= 0.6 is 15.9 Å². The molecule has 0 spiro atoms. The molecule has 1 heterocycles. The summed E-state index contributed by atoms with van der Waals surface area (Å²) in [6, 6.07) is 0. The maximum Gasteiger partial charge on any atom is 0.240 e. The third kappa shape index (κ3) is 1.13. The minimum Gasteiger partial charge on any atom is -0.366 e. The molecule has 2 N–H and O–H groups in total. The Bertz CT molecular complexity index is 150. The van der Waals surface area contributed by atoms with Crippen LogP contribution in [0.1, 0.15) is 0 Å². The van der Waals surface area contributed by atoms with Gasteiger partial charge in [-0.15, -0.1) is 10.2 Å². The maximum absolute atomic E-state index is 5.12. The van der Waals surface area contributed by atoms with Crippen LogP contribution in [0.3, 0.4) is 0 Å². The van der Waals surface area contributed by atoms with Gasteiger partial charge in [0, 0.05) is 0 Å². The highest BCUT2D eigenvalue weighted by Gasteiger charge is 1.86. The van der Waals surface area contributed by atoms with Gasteiger partial charge in [-0.2, -0.15) is 0 Å². The first-order valence-corrected chi connectivity index (χ1v) is 2.69. The van der Waals surface area contributed by atoms with Crippen molar-refractivity contribution in [1.29, 1.82) is 0 Å². The molecule has 1 aromatic rings. The molecule has 1 aromatic heterocycles. The van der Waals surface area contributed by atoms with Crippen LogP contribution in [0, 0.1) is 0 Å². The van der Waals surface area contributed by atoms with Gasteiger partial charge in [0.2, 0.25) is 5.95 Å². The molecule has 8 heavy (non-hydrogen) atoms. The Hall–Kier alpha value is -0.710. The smallest absolute Gasteiger partial charge is 0.240 e. The van der Waals surface area contributed by atoms with Crippen molar-refractivity contribution < 1.29 is 0 Å². The number of halogens is 1. The van der Waals surface area contributed by atoms with E-state index in [0.29, 0.717) is 4.60 Å². The monoisotopic (exact) mass is 174 g/mol. The molecule has 0 atom stereocenters. The highest BCUT2D eigenvalue weighted by atomic mass is 79.9. The van der Waals surface area contributed by atoms with Crippen LogP contribution in [0.5, 0.6) is 0 Å². The highest BCUT2D eigenvalue weighted by molar-refractivity contribution is 9.10. The zero-order valence-electron chi connectivity index (χ0n) is 3.87. The molecule has 4 nitrogen and oxygen atoms in total. The molecule has 0 unspecified atom stereocenters. The van der Waals surface area contributed by atoms with E-state index in [9.17, 15) is 0 Å². The first-order chi connectivity index (χ1) is 3.79. The molecule has 0 aromatic carbocycles. The van der Waals surface area contributed by atoms with E-state index in [1.165, 1.54) is 6.20 Å². The van der Waals surface area contributed by atoms with Crippen molar-refractivity contribution in [3.63, 3.8) is 0 Å². The Kier molecular flexibility index (Phi) is 1.38. The molecule has 0 aliphatic carbocycles. The second-order valence-corrected chi connectivity index (χ2v) is 1.95. The SMILES string of the molecule is Nc1ncc(Br)nn1. The number of anilines is 1. The fourth-order valence-corrected chi connectivity index (χ4v) is 0.452. The quantitative estimate of drug-likeness (QED) is 0.612. The molecular formula is C3H3BrN4.